The fraction of sp³-hybridized carbons (Fsp3) is 0.417. The van der Waals surface area contributed by atoms with Gasteiger partial charge in [0.15, 0.2) is 5.96 Å². The maximum absolute atomic E-state index is 8.74. The van der Waals surface area contributed by atoms with Gasteiger partial charge in [-0.25, -0.2) is 4.99 Å². The Morgan fingerprint density at radius 1 is 1.24 bits per heavy atom. The number of nitrogens with two attached hydrogens (primary N) is 2. The van der Waals surface area contributed by atoms with Gasteiger partial charge in [-0.15, -0.1) is 0 Å². The van der Waals surface area contributed by atoms with Crippen LogP contribution in [0.2, 0.25) is 0 Å². The van der Waals surface area contributed by atoms with Gasteiger partial charge in [0.25, 0.3) is 0 Å². The van der Waals surface area contributed by atoms with Gasteiger partial charge in [0, 0.05) is 0 Å². The highest BCUT2D eigenvalue weighted by molar-refractivity contribution is 7.79. The molecule has 120 valence electrons. The molecule has 0 aliphatic heterocycles. The van der Waals surface area contributed by atoms with Crippen molar-refractivity contribution in [1.82, 2.24) is 0 Å². The van der Waals surface area contributed by atoms with Crippen LogP contribution in [0.15, 0.2) is 35.3 Å². The second kappa shape index (κ2) is 9.29. The summed E-state index contributed by atoms with van der Waals surface area (Å²) >= 11 is 0. The summed E-state index contributed by atoms with van der Waals surface area (Å²) in [5, 5.41) is 0. The molecule has 8 nitrogen and oxygen atoms in total. The molecule has 0 amide bonds. The van der Waals surface area contributed by atoms with Gasteiger partial charge in [0.1, 0.15) is 0 Å². The second-order valence-corrected chi connectivity index (χ2v) is 5.14. The van der Waals surface area contributed by atoms with E-state index in [4.69, 9.17) is 33.7 Å². The van der Waals surface area contributed by atoms with Crippen molar-refractivity contribution in [3.63, 3.8) is 0 Å². The Morgan fingerprint density at radius 3 is 2.14 bits per heavy atom. The largest absolute Gasteiger partial charge is 0.394 e. The molecule has 2 atom stereocenters. The van der Waals surface area contributed by atoms with Gasteiger partial charge in [-0.05, 0) is 19.4 Å². The molecule has 1 aromatic carbocycles. The molecule has 0 aliphatic carbocycles. The predicted octanol–water partition coefficient (Wildman–Crippen LogP) is 0.601. The fourth-order valence-electron chi connectivity index (χ4n) is 1.28. The number of rotatable bonds is 5. The fourth-order valence-corrected chi connectivity index (χ4v) is 1.28. The molecular formula is C12H21N3O5S. The van der Waals surface area contributed by atoms with Crippen molar-refractivity contribution in [2.75, 3.05) is 0 Å². The van der Waals surface area contributed by atoms with E-state index in [2.05, 4.69) is 4.99 Å². The van der Waals surface area contributed by atoms with Crippen LogP contribution >= 0.6 is 0 Å². The molecule has 0 heterocycles. The first-order chi connectivity index (χ1) is 9.59. The first kappa shape index (κ1) is 19.3. The molecule has 6 N–H and O–H groups in total. The Bertz CT molecular complexity index is 521. The summed E-state index contributed by atoms with van der Waals surface area (Å²) in [6, 6.07) is 9.98. The molecular weight excluding hydrogens is 298 g/mol. The normalized spacial score (nSPS) is 13.5. The maximum Gasteiger partial charge on any atom is 0.394 e. The van der Waals surface area contributed by atoms with Crippen LogP contribution in [-0.4, -0.2) is 35.6 Å². The van der Waals surface area contributed by atoms with Crippen molar-refractivity contribution in [2.45, 2.75) is 32.6 Å². The van der Waals surface area contributed by atoms with Crippen LogP contribution in [0.3, 0.4) is 0 Å². The lowest BCUT2D eigenvalue weighted by Crippen LogP contribution is -2.29. The van der Waals surface area contributed by atoms with E-state index in [9.17, 15) is 0 Å². The highest BCUT2D eigenvalue weighted by Gasteiger charge is 2.11. The van der Waals surface area contributed by atoms with Crippen LogP contribution in [0.1, 0.15) is 19.4 Å². The Morgan fingerprint density at radius 2 is 1.71 bits per heavy atom. The number of benzene rings is 1. The van der Waals surface area contributed by atoms with Gasteiger partial charge in [-0.3, -0.25) is 9.11 Å². The highest BCUT2D eigenvalue weighted by Crippen LogP contribution is 2.07. The van der Waals surface area contributed by atoms with Crippen LogP contribution in [0.5, 0.6) is 0 Å². The molecule has 9 heteroatoms. The molecule has 0 fully saturated rings. The topological polar surface area (TPSA) is 148 Å². The third-order valence-corrected chi connectivity index (χ3v) is 2.39. The van der Waals surface area contributed by atoms with E-state index in [0.29, 0.717) is 6.61 Å². The lowest BCUT2D eigenvalue weighted by Gasteiger charge is -2.17. The molecule has 2 unspecified atom stereocenters. The van der Waals surface area contributed by atoms with Crippen LogP contribution in [0.4, 0.5) is 0 Å². The van der Waals surface area contributed by atoms with E-state index in [0.717, 1.165) is 5.56 Å². The molecule has 1 aromatic rings. The highest BCUT2D eigenvalue weighted by atomic mass is 32.3. The van der Waals surface area contributed by atoms with Crippen molar-refractivity contribution >= 4 is 16.4 Å². The van der Waals surface area contributed by atoms with E-state index >= 15 is 0 Å². The number of aliphatic imine (C=N–C) groups is 1. The summed E-state index contributed by atoms with van der Waals surface area (Å²) in [5.41, 5.74) is 11.8. The van der Waals surface area contributed by atoms with Gasteiger partial charge in [-0.1, -0.05) is 30.3 Å². The van der Waals surface area contributed by atoms with Crippen LogP contribution in [0, 0.1) is 0 Å². The monoisotopic (exact) mass is 319 g/mol. The van der Waals surface area contributed by atoms with E-state index in [-0.39, 0.29) is 18.1 Å². The minimum Gasteiger partial charge on any atom is -0.372 e. The SMILES string of the molecule is CC(N=C(N)N)C(C)OCc1ccccc1.O=S(=O)(O)O. The van der Waals surface area contributed by atoms with Gasteiger partial charge in [0.05, 0.1) is 18.8 Å². The minimum absolute atomic E-state index is 0.0118. The molecule has 1 rings (SSSR count). The summed E-state index contributed by atoms with van der Waals surface area (Å²) in [6.45, 7) is 4.46. The summed E-state index contributed by atoms with van der Waals surface area (Å²) in [7, 11) is -4.67. The Hall–Kier alpha value is -1.68. The Balaban J connectivity index is 0.000000690. The number of ether oxygens (including phenoxy) is 1. The number of nitrogens with zero attached hydrogens (tertiary/aromatic N) is 1. The Kier molecular flexibility index (Phi) is 8.55. The third kappa shape index (κ3) is 13.1. The summed E-state index contributed by atoms with van der Waals surface area (Å²) in [5.74, 6) is 0.0997. The molecule has 0 radical (unpaired) electrons. The van der Waals surface area contributed by atoms with Gasteiger partial charge in [0.2, 0.25) is 0 Å². The average Bonchev–Trinajstić information content (AvgIpc) is 2.34. The maximum atomic E-state index is 8.74. The lowest BCUT2D eigenvalue weighted by atomic mass is 10.2. The molecule has 0 bridgehead atoms. The van der Waals surface area contributed by atoms with Crippen molar-refractivity contribution < 1.29 is 22.3 Å². The van der Waals surface area contributed by atoms with Gasteiger partial charge < -0.3 is 16.2 Å². The zero-order valence-corrected chi connectivity index (χ0v) is 12.7. The predicted molar refractivity (Wildman–Crippen MR) is 80.1 cm³/mol. The molecule has 21 heavy (non-hydrogen) atoms. The van der Waals surface area contributed by atoms with Crippen LogP contribution < -0.4 is 11.5 Å². The summed E-state index contributed by atoms with van der Waals surface area (Å²) < 4.78 is 37.3. The van der Waals surface area contributed by atoms with Crippen molar-refractivity contribution in [3.05, 3.63) is 35.9 Å². The van der Waals surface area contributed by atoms with Crippen molar-refractivity contribution in [2.24, 2.45) is 16.5 Å². The van der Waals surface area contributed by atoms with E-state index in [1.165, 1.54) is 0 Å². The quantitative estimate of drug-likeness (QED) is 0.353. The summed E-state index contributed by atoms with van der Waals surface area (Å²) in [4.78, 5) is 4.04. The summed E-state index contributed by atoms with van der Waals surface area (Å²) in [6.07, 6.45) is -0.0118. The van der Waals surface area contributed by atoms with Crippen LogP contribution in [0.25, 0.3) is 0 Å². The second-order valence-electron chi connectivity index (χ2n) is 4.24. The number of hydrogen-bond acceptors (Lipinski definition) is 4. The zero-order valence-electron chi connectivity index (χ0n) is 11.9. The lowest BCUT2D eigenvalue weighted by molar-refractivity contribution is 0.0403. The van der Waals surface area contributed by atoms with Crippen molar-refractivity contribution in [1.29, 1.82) is 0 Å². The molecule has 0 spiro atoms. The smallest absolute Gasteiger partial charge is 0.372 e. The van der Waals surface area contributed by atoms with Crippen molar-refractivity contribution in [3.8, 4) is 0 Å². The molecule has 0 aliphatic rings. The molecule has 0 saturated heterocycles. The van der Waals surface area contributed by atoms with Crippen LogP contribution in [-0.2, 0) is 21.7 Å². The molecule has 0 aromatic heterocycles. The van der Waals surface area contributed by atoms with E-state index < -0.39 is 10.4 Å². The van der Waals surface area contributed by atoms with E-state index in [1.54, 1.807) is 0 Å². The van der Waals surface area contributed by atoms with Gasteiger partial charge in [-0.2, -0.15) is 8.42 Å². The molecule has 0 saturated carbocycles. The number of hydrogen-bond donors (Lipinski definition) is 4. The first-order valence-corrected chi connectivity index (χ1v) is 7.43. The third-order valence-electron chi connectivity index (χ3n) is 2.39. The zero-order chi connectivity index (χ0) is 16.5. The van der Waals surface area contributed by atoms with Gasteiger partial charge >= 0.3 is 10.4 Å². The van der Waals surface area contributed by atoms with E-state index in [1.807, 2.05) is 44.2 Å². The number of guanidine groups is 1. The Labute approximate surface area is 124 Å². The standard InChI is InChI=1S/C12H19N3O.H2O4S/c1-9(15-12(13)14)10(2)16-8-11-6-4-3-5-7-11;1-5(2,3)4/h3-7,9-10H,8H2,1-2H3,(H4,13,14,15);(H2,1,2,3,4). The first-order valence-electron chi connectivity index (χ1n) is 6.03. The average molecular weight is 319 g/mol. The minimum atomic E-state index is -4.67.